The predicted octanol–water partition coefficient (Wildman–Crippen LogP) is 4.13. The first-order chi connectivity index (χ1) is 12.3. The molecule has 0 aliphatic heterocycles. The number of benzene rings is 2. The minimum atomic E-state index is 0.108. The summed E-state index contributed by atoms with van der Waals surface area (Å²) in [6.45, 7) is 0. The molecule has 0 fully saturated rings. The highest BCUT2D eigenvalue weighted by Gasteiger charge is 2.09. The summed E-state index contributed by atoms with van der Waals surface area (Å²) < 4.78 is 5.79. The maximum atomic E-state index is 11.1. The normalized spacial score (nSPS) is 10.9. The van der Waals surface area contributed by atoms with E-state index in [0.29, 0.717) is 18.2 Å². The standard InChI is InChI=1S/C20H23N3O2/c1-21-18(24)10-4-2-3-5-11-19-22-23-20(25-19)17-13-12-15-8-6-7-9-16(15)14-17/h6-9,12-14H,2-5,10-11H2,1H3,(H,21,24). The van der Waals surface area contributed by atoms with Gasteiger partial charge in [0.2, 0.25) is 17.7 Å². The molecule has 1 heterocycles. The van der Waals surface area contributed by atoms with Crippen LogP contribution in [0.1, 0.15) is 38.0 Å². The van der Waals surface area contributed by atoms with Gasteiger partial charge >= 0.3 is 0 Å². The van der Waals surface area contributed by atoms with E-state index in [4.69, 9.17) is 4.42 Å². The zero-order chi connectivity index (χ0) is 17.5. The van der Waals surface area contributed by atoms with Crippen molar-refractivity contribution in [2.24, 2.45) is 0 Å². The Labute approximate surface area is 147 Å². The number of nitrogens with zero attached hydrogens (tertiary/aromatic N) is 2. The first kappa shape index (κ1) is 17.1. The van der Waals surface area contributed by atoms with Gasteiger partial charge in [0.05, 0.1) is 0 Å². The molecule has 0 aliphatic carbocycles. The third kappa shape index (κ3) is 4.66. The molecule has 0 aliphatic rings. The first-order valence-corrected chi connectivity index (χ1v) is 8.78. The lowest BCUT2D eigenvalue weighted by Crippen LogP contribution is -2.16. The molecule has 0 saturated carbocycles. The van der Waals surface area contributed by atoms with Gasteiger partial charge in [0.15, 0.2) is 0 Å². The number of hydrogen-bond donors (Lipinski definition) is 1. The number of carbonyl (C=O) groups excluding carboxylic acids is 1. The average molecular weight is 337 g/mol. The molecule has 1 N–H and O–H groups in total. The molecule has 1 amide bonds. The summed E-state index contributed by atoms with van der Waals surface area (Å²) in [7, 11) is 1.67. The van der Waals surface area contributed by atoms with Crippen molar-refractivity contribution in [2.45, 2.75) is 38.5 Å². The molecule has 5 nitrogen and oxygen atoms in total. The van der Waals surface area contributed by atoms with Gasteiger partial charge in [0, 0.05) is 25.5 Å². The van der Waals surface area contributed by atoms with Crippen molar-refractivity contribution in [1.82, 2.24) is 15.5 Å². The first-order valence-electron chi connectivity index (χ1n) is 8.78. The summed E-state index contributed by atoms with van der Waals surface area (Å²) >= 11 is 0. The van der Waals surface area contributed by atoms with Crippen LogP contribution in [0.3, 0.4) is 0 Å². The quantitative estimate of drug-likeness (QED) is 0.628. The fraction of sp³-hybridized carbons (Fsp3) is 0.350. The van der Waals surface area contributed by atoms with E-state index in [1.54, 1.807) is 7.05 Å². The van der Waals surface area contributed by atoms with Gasteiger partial charge in [0.25, 0.3) is 0 Å². The highest BCUT2D eigenvalue weighted by molar-refractivity contribution is 5.86. The molecular weight excluding hydrogens is 314 g/mol. The third-order valence-electron chi connectivity index (χ3n) is 4.29. The summed E-state index contributed by atoms with van der Waals surface area (Å²) in [5, 5.41) is 13.3. The molecule has 3 rings (SSSR count). The fourth-order valence-electron chi connectivity index (χ4n) is 2.83. The smallest absolute Gasteiger partial charge is 0.247 e. The van der Waals surface area contributed by atoms with E-state index in [2.05, 4.69) is 39.8 Å². The second kappa shape index (κ2) is 8.42. The van der Waals surface area contributed by atoms with Crippen molar-refractivity contribution in [3.05, 3.63) is 48.4 Å². The van der Waals surface area contributed by atoms with Gasteiger partial charge in [0.1, 0.15) is 0 Å². The average Bonchev–Trinajstić information content (AvgIpc) is 3.12. The second-order valence-corrected chi connectivity index (χ2v) is 6.15. The van der Waals surface area contributed by atoms with E-state index in [1.807, 2.05) is 18.2 Å². The van der Waals surface area contributed by atoms with Gasteiger partial charge in [-0.25, -0.2) is 0 Å². The van der Waals surface area contributed by atoms with Crippen molar-refractivity contribution >= 4 is 16.7 Å². The molecule has 0 radical (unpaired) electrons. The van der Waals surface area contributed by atoms with Crippen molar-refractivity contribution in [3.63, 3.8) is 0 Å². The molecule has 0 spiro atoms. The Bertz CT molecular complexity index is 842. The van der Waals surface area contributed by atoms with Crippen LogP contribution in [0.2, 0.25) is 0 Å². The number of fused-ring (bicyclic) bond motifs is 1. The zero-order valence-corrected chi connectivity index (χ0v) is 14.5. The van der Waals surface area contributed by atoms with Gasteiger partial charge in [-0.05, 0) is 35.7 Å². The van der Waals surface area contributed by atoms with Gasteiger partial charge < -0.3 is 9.73 Å². The molecule has 0 saturated heterocycles. The van der Waals surface area contributed by atoms with Crippen LogP contribution in [0.5, 0.6) is 0 Å². The predicted molar refractivity (Wildman–Crippen MR) is 98.1 cm³/mol. The van der Waals surface area contributed by atoms with Crippen LogP contribution < -0.4 is 5.32 Å². The van der Waals surface area contributed by atoms with Crippen molar-refractivity contribution in [2.75, 3.05) is 7.05 Å². The van der Waals surface area contributed by atoms with E-state index < -0.39 is 0 Å². The minimum Gasteiger partial charge on any atom is -0.421 e. The van der Waals surface area contributed by atoms with Crippen molar-refractivity contribution < 1.29 is 9.21 Å². The Morgan fingerprint density at radius 3 is 2.64 bits per heavy atom. The van der Waals surface area contributed by atoms with E-state index in [1.165, 1.54) is 5.39 Å². The van der Waals surface area contributed by atoms with Crippen LogP contribution in [-0.4, -0.2) is 23.2 Å². The monoisotopic (exact) mass is 337 g/mol. The number of rotatable bonds is 8. The number of aryl methyl sites for hydroxylation is 1. The van der Waals surface area contributed by atoms with Crippen molar-refractivity contribution in [1.29, 1.82) is 0 Å². The highest BCUT2D eigenvalue weighted by atomic mass is 16.4. The van der Waals surface area contributed by atoms with Crippen LogP contribution in [0.4, 0.5) is 0 Å². The topological polar surface area (TPSA) is 68.0 Å². The number of carbonyl (C=O) groups is 1. The molecule has 5 heteroatoms. The molecule has 0 atom stereocenters. The third-order valence-corrected chi connectivity index (χ3v) is 4.29. The number of hydrogen-bond acceptors (Lipinski definition) is 4. The van der Waals surface area contributed by atoms with Gasteiger partial charge in [-0.3, -0.25) is 4.79 Å². The fourth-order valence-corrected chi connectivity index (χ4v) is 2.83. The van der Waals surface area contributed by atoms with E-state index in [0.717, 1.165) is 43.1 Å². The summed E-state index contributed by atoms with van der Waals surface area (Å²) in [5.74, 6) is 1.35. The Balaban J connectivity index is 1.51. The molecule has 2 aromatic carbocycles. The molecule has 1 aromatic heterocycles. The maximum absolute atomic E-state index is 11.1. The maximum Gasteiger partial charge on any atom is 0.247 e. The lowest BCUT2D eigenvalue weighted by molar-refractivity contribution is -0.120. The Hall–Kier alpha value is -2.69. The van der Waals surface area contributed by atoms with Gasteiger partial charge in [-0.15, -0.1) is 10.2 Å². The van der Waals surface area contributed by atoms with Crippen LogP contribution in [0, 0.1) is 0 Å². The SMILES string of the molecule is CNC(=O)CCCCCCc1nnc(-c2ccc3ccccc3c2)o1. The van der Waals surface area contributed by atoms with Crippen LogP contribution in [0.25, 0.3) is 22.2 Å². The molecule has 25 heavy (non-hydrogen) atoms. The van der Waals surface area contributed by atoms with Gasteiger partial charge in [-0.1, -0.05) is 43.2 Å². The highest BCUT2D eigenvalue weighted by Crippen LogP contribution is 2.23. The number of aromatic nitrogens is 2. The summed E-state index contributed by atoms with van der Waals surface area (Å²) in [4.78, 5) is 11.1. The van der Waals surface area contributed by atoms with Crippen LogP contribution in [-0.2, 0) is 11.2 Å². The van der Waals surface area contributed by atoms with E-state index in [9.17, 15) is 4.79 Å². The molecule has 0 bridgehead atoms. The van der Waals surface area contributed by atoms with Crippen LogP contribution in [0.15, 0.2) is 46.9 Å². The lowest BCUT2D eigenvalue weighted by atomic mass is 10.1. The Morgan fingerprint density at radius 1 is 1.00 bits per heavy atom. The van der Waals surface area contributed by atoms with E-state index >= 15 is 0 Å². The molecule has 130 valence electrons. The largest absolute Gasteiger partial charge is 0.421 e. The number of unbranched alkanes of at least 4 members (excludes halogenated alkanes) is 3. The zero-order valence-electron chi connectivity index (χ0n) is 14.5. The summed E-state index contributed by atoms with van der Waals surface area (Å²) in [6, 6.07) is 14.4. The Kier molecular flexibility index (Phi) is 5.77. The molecular formula is C20H23N3O2. The second-order valence-electron chi connectivity index (χ2n) is 6.15. The number of amides is 1. The summed E-state index contributed by atoms with van der Waals surface area (Å²) in [5.41, 5.74) is 0.947. The summed E-state index contributed by atoms with van der Waals surface area (Å²) in [6.07, 6.45) is 5.40. The lowest BCUT2D eigenvalue weighted by Gasteiger charge is -2.00. The molecule has 3 aromatic rings. The van der Waals surface area contributed by atoms with Crippen molar-refractivity contribution in [3.8, 4) is 11.5 Å². The van der Waals surface area contributed by atoms with Crippen LogP contribution >= 0.6 is 0 Å². The minimum absolute atomic E-state index is 0.108. The Morgan fingerprint density at radius 2 is 1.80 bits per heavy atom. The van der Waals surface area contributed by atoms with E-state index in [-0.39, 0.29) is 5.91 Å². The van der Waals surface area contributed by atoms with Gasteiger partial charge in [-0.2, -0.15) is 0 Å². The molecule has 0 unspecified atom stereocenters. The number of nitrogens with one attached hydrogen (secondary N) is 1.